The molecule has 0 saturated heterocycles. The molecule has 2 rings (SSSR count). The number of rotatable bonds is 4. The van der Waals surface area contributed by atoms with Gasteiger partial charge in [-0.15, -0.1) is 11.3 Å². The van der Waals surface area contributed by atoms with Crippen LogP contribution < -0.4 is 0 Å². The van der Waals surface area contributed by atoms with E-state index in [0.29, 0.717) is 24.6 Å². The van der Waals surface area contributed by atoms with Crippen molar-refractivity contribution >= 4 is 27.3 Å². The van der Waals surface area contributed by atoms with Gasteiger partial charge in [0.2, 0.25) is 11.7 Å². The minimum Gasteiger partial charge on any atom is -0.393 e. The molecule has 0 amide bonds. The van der Waals surface area contributed by atoms with Crippen LogP contribution in [0.25, 0.3) is 10.7 Å². The van der Waals surface area contributed by atoms with Crippen molar-refractivity contribution in [3.05, 3.63) is 21.8 Å². The Balaban J connectivity index is 2.13. The molecule has 0 radical (unpaired) electrons. The van der Waals surface area contributed by atoms with Crippen molar-refractivity contribution in [2.45, 2.75) is 25.9 Å². The fourth-order valence-corrected chi connectivity index (χ4v) is 2.53. The Morgan fingerprint density at radius 3 is 3.00 bits per heavy atom. The summed E-state index contributed by atoms with van der Waals surface area (Å²) in [6.45, 7) is 1.92. The van der Waals surface area contributed by atoms with Gasteiger partial charge in [0.05, 0.1) is 21.2 Å². The fraction of sp³-hybridized carbons (Fsp3) is 0.400. The molecule has 0 saturated carbocycles. The second kappa shape index (κ2) is 5.07. The average Bonchev–Trinajstić information content (AvgIpc) is 2.87. The Morgan fingerprint density at radius 1 is 1.56 bits per heavy atom. The first kappa shape index (κ1) is 11.8. The lowest BCUT2D eigenvalue weighted by atomic mass is 10.2. The maximum Gasteiger partial charge on any atom is 0.229 e. The summed E-state index contributed by atoms with van der Waals surface area (Å²) in [6.07, 6.45) is 0.682. The number of hydrogen-bond donors (Lipinski definition) is 1. The van der Waals surface area contributed by atoms with Crippen molar-refractivity contribution in [1.82, 2.24) is 10.1 Å². The van der Waals surface area contributed by atoms with Crippen LogP contribution in [-0.4, -0.2) is 21.4 Å². The summed E-state index contributed by atoms with van der Waals surface area (Å²) in [5, 5.41) is 13.3. The highest BCUT2D eigenvalue weighted by Gasteiger charge is 2.13. The fourth-order valence-electron chi connectivity index (χ4n) is 1.22. The SMILES string of the molecule is CCC(O)Cc1nc(-c2ccc(Br)s2)no1. The number of aromatic nitrogens is 2. The molecule has 1 unspecified atom stereocenters. The highest BCUT2D eigenvalue weighted by molar-refractivity contribution is 9.11. The number of aliphatic hydroxyl groups excluding tert-OH is 1. The zero-order valence-electron chi connectivity index (χ0n) is 8.68. The second-order valence-corrected chi connectivity index (χ2v) is 5.84. The van der Waals surface area contributed by atoms with Gasteiger partial charge in [-0.25, -0.2) is 0 Å². The third kappa shape index (κ3) is 2.69. The standard InChI is InChI=1S/C10H11BrN2O2S/c1-2-6(14)5-9-12-10(13-15-9)7-3-4-8(11)16-7/h3-4,6,14H,2,5H2,1H3. The lowest BCUT2D eigenvalue weighted by Crippen LogP contribution is -2.08. The van der Waals surface area contributed by atoms with E-state index in [4.69, 9.17) is 4.52 Å². The zero-order chi connectivity index (χ0) is 11.5. The molecule has 2 aromatic rings. The Morgan fingerprint density at radius 2 is 2.38 bits per heavy atom. The number of aliphatic hydroxyl groups is 1. The monoisotopic (exact) mass is 302 g/mol. The van der Waals surface area contributed by atoms with Gasteiger partial charge in [-0.2, -0.15) is 4.98 Å². The van der Waals surface area contributed by atoms with E-state index in [1.807, 2.05) is 19.1 Å². The summed E-state index contributed by atoms with van der Waals surface area (Å²) in [4.78, 5) is 5.19. The highest BCUT2D eigenvalue weighted by atomic mass is 79.9. The summed E-state index contributed by atoms with van der Waals surface area (Å²) in [5.41, 5.74) is 0. The summed E-state index contributed by atoms with van der Waals surface area (Å²) >= 11 is 4.93. The molecule has 0 aliphatic carbocycles. The van der Waals surface area contributed by atoms with E-state index in [-0.39, 0.29) is 0 Å². The Kier molecular flexibility index (Phi) is 3.73. The lowest BCUT2D eigenvalue weighted by Gasteiger charge is -2.01. The molecule has 0 bridgehead atoms. The molecule has 0 fully saturated rings. The van der Waals surface area contributed by atoms with Gasteiger partial charge in [0.25, 0.3) is 0 Å². The minimum absolute atomic E-state index is 0.413. The number of halogens is 1. The lowest BCUT2D eigenvalue weighted by molar-refractivity contribution is 0.158. The Labute approximate surface area is 105 Å². The molecule has 2 heterocycles. The van der Waals surface area contributed by atoms with Gasteiger partial charge in [0, 0.05) is 0 Å². The molecule has 1 N–H and O–H groups in total. The number of nitrogens with zero attached hydrogens (tertiary/aromatic N) is 2. The van der Waals surface area contributed by atoms with Crippen molar-refractivity contribution in [3.8, 4) is 10.7 Å². The molecule has 0 aliphatic rings. The Hall–Kier alpha value is -0.720. The summed E-state index contributed by atoms with van der Waals surface area (Å²) in [6, 6.07) is 3.87. The van der Waals surface area contributed by atoms with Crippen molar-refractivity contribution in [2.24, 2.45) is 0 Å². The molecule has 0 spiro atoms. The quantitative estimate of drug-likeness (QED) is 0.943. The van der Waals surface area contributed by atoms with E-state index in [0.717, 1.165) is 8.66 Å². The van der Waals surface area contributed by atoms with E-state index < -0.39 is 6.10 Å². The summed E-state index contributed by atoms with van der Waals surface area (Å²) in [5.74, 6) is 1.06. The molecule has 1 atom stereocenters. The summed E-state index contributed by atoms with van der Waals surface area (Å²) < 4.78 is 6.10. The highest BCUT2D eigenvalue weighted by Crippen LogP contribution is 2.29. The van der Waals surface area contributed by atoms with Crippen molar-refractivity contribution < 1.29 is 9.63 Å². The van der Waals surface area contributed by atoms with Gasteiger partial charge < -0.3 is 9.63 Å². The number of hydrogen-bond acceptors (Lipinski definition) is 5. The van der Waals surface area contributed by atoms with Gasteiger partial charge in [-0.05, 0) is 34.5 Å². The van der Waals surface area contributed by atoms with Crippen LogP contribution >= 0.6 is 27.3 Å². The maximum atomic E-state index is 9.46. The molecular weight excluding hydrogens is 292 g/mol. The topological polar surface area (TPSA) is 59.2 Å². The van der Waals surface area contributed by atoms with E-state index in [1.54, 1.807) is 11.3 Å². The van der Waals surface area contributed by atoms with Gasteiger partial charge in [-0.1, -0.05) is 12.1 Å². The maximum absolute atomic E-state index is 9.46. The number of thiophene rings is 1. The van der Waals surface area contributed by atoms with Crippen molar-refractivity contribution in [3.63, 3.8) is 0 Å². The van der Waals surface area contributed by atoms with Crippen LogP contribution in [0.3, 0.4) is 0 Å². The molecule has 86 valence electrons. The average molecular weight is 303 g/mol. The smallest absolute Gasteiger partial charge is 0.229 e. The van der Waals surface area contributed by atoms with Crippen molar-refractivity contribution in [2.75, 3.05) is 0 Å². The molecule has 0 aromatic carbocycles. The van der Waals surface area contributed by atoms with Crippen LogP contribution in [0, 0.1) is 0 Å². The van der Waals surface area contributed by atoms with Crippen LogP contribution in [0.4, 0.5) is 0 Å². The van der Waals surface area contributed by atoms with Crippen LogP contribution in [0.1, 0.15) is 19.2 Å². The van der Waals surface area contributed by atoms with E-state index in [9.17, 15) is 5.11 Å². The van der Waals surface area contributed by atoms with Crippen LogP contribution in [0.2, 0.25) is 0 Å². The molecule has 2 aromatic heterocycles. The van der Waals surface area contributed by atoms with Crippen LogP contribution in [-0.2, 0) is 6.42 Å². The van der Waals surface area contributed by atoms with E-state index in [1.165, 1.54) is 0 Å². The largest absolute Gasteiger partial charge is 0.393 e. The van der Waals surface area contributed by atoms with Gasteiger partial charge in [0.1, 0.15) is 0 Å². The molecule has 4 nitrogen and oxygen atoms in total. The minimum atomic E-state index is -0.414. The Bertz CT molecular complexity index is 469. The third-order valence-electron chi connectivity index (χ3n) is 2.14. The molecule has 6 heteroatoms. The first-order valence-corrected chi connectivity index (χ1v) is 6.56. The molecular formula is C10H11BrN2O2S. The predicted molar refractivity (Wildman–Crippen MR) is 65.3 cm³/mol. The van der Waals surface area contributed by atoms with Gasteiger partial charge >= 0.3 is 0 Å². The zero-order valence-corrected chi connectivity index (χ0v) is 11.1. The predicted octanol–water partition coefficient (Wildman–Crippen LogP) is 2.87. The van der Waals surface area contributed by atoms with Gasteiger partial charge in [0.15, 0.2) is 0 Å². The van der Waals surface area contributed by atoms with E-state index >= 15 is 0 Å². The molecule has 0 aliphatic heterocycles. The summed E-state index contributed by atoms with van der Waals surface area (Å²) in [7, 11) is 0. The first-order valence-electron chi connectivity index (χ1n) is 4.95. The van der Waals surface area contributed by atoms with E-state index in [2.05, 4.69) is 26.1 Å². The molecule has 16 heavy (non-hydrogen) atoms. The van der Waals surface area contributed by atoms with Crippen LogP contribution in [0.5, 0.6) is 0 Å². The second-order valence-electron chi connectivity index (χ2n) is 3.38. The normalized spacial score (nSPS) is 12.9. The third-order valence-corrected chi connectivity index (χ3v) is 3.76. The first-order chi connectivity index (χ1) is 7.69. The van der Waals surface area contributed by atoms with Gasteiger partial charge in [-0.3, -0.25) is 0 Å². The van der Waals surface area contributed by atoms with Crippen LogP contribution in [0.15, 0.2) is 20.4 Å². The van der Waals surface area contributed by atoms with Crippen molar-refractivity contribution in [1.29, 1.82) is 0 Å².